The van der Waals surface area contributed by atoms with Gasteiger partial charge in [0.05, 0.1) is 27.0 Å². The molecule has 1 atom stereocenters. The highest BCUT2D eigenvalue weighted by atomic mass is 35.5. The molecular weight excluding hydrogens is 545 g/mol. The maximum absolute atomic E-state index is 13.6. The first-order valence-corrected chi connectivity index (χ1v) is 14.6. The summed E-state index contributed by atoms with van der Waals surface area (Å²) >= 11 is 18.4. The van der Waals surface area contributed by atoms with Gasteiger partial charge in [0.15, 0.2) is 0 Å². The summed E-state index contributed by atoms with van der Waals surface area (Å²) in [6.45, 7) is 3.15. The Kier molecular flexibility index (Phi) is 9.55. The van der Waals surface area contributed by atoms with Crippen LogP contribution in [0.3, 0.4) is 0 Å². The summed E-state index contributed by atoms with van der Waals surface area (Å²) in [5.41, 5.74) is 1.85. The van der Waals surface area contributed by atoms with E-state index in [4.69, 9.17) is 34.8 Å². The van der Waals surface area contributed by atoms with E-state index in [1.807, 2.05) is 31.2 Å². The Hall–Kier alpha value is -2.00. The maximum atomic E-state index is 13.6. The van der Waals surface area contributed by atoms with Crippen molar-refractivity contribution in [3.05, 3.63) is 62.6 Å². The third-order valence-corrected chi connectivity index (χ3v) is 8.39. The molecule has 196 valence electrons. The predicted molar refractivity (Wildman–Crippen MR) is 145 cm³/mol. The van der Waals surface area contributed by atoms with Crippen LogP contribution in [0.4, 0.5) is 5.69 Å². The summed E-state index contributed by atoms with van der Waals surface area (Å²) in [5, 5.41) is 3.31. The first-order valence-electron chi connectivity index (χ1n) is 11.6. The van der Waals surface area contributed by atoms with Crippen molar-refractivity contribution in [1.82, 2.24) is 10.2 Å². The lowest BCUT2D eigenvalue weighted by Crippen LogP contribution is -2.52. The number of nitrogens with zero attached hydrogens (tertiary/aromatic N) is 2. The van der Waals surface area contributed by atoms with Gasteiger partial charge in [-0.15, -0.1) is 0 Å². The highest BCUT2D eigenvalue weighted by Gasteiger charge is 2.32. The molecule has 11 heteroatoms. The molecule has 1 aliphatic carbocycles. The molecule has 1 N–H and O–H groups in total. The van der Waals surface area contributed by atoms with Crippen LogP contribution in [0, 0.1) is 6.92 Å². The molecule has 0 spiro atoms. The van der Waals surface area contributed by atoms with E-state index in [2.05, 4.69) is 5.32 Å². The zero-order valence-electron chi connectivity index (χ0n) is 20.4. The minimum Gasteiger partial charge on any atom is -0.352 e. The van der Waals surface area contributed by atoms with Gasteiger partial charge in [0.1, 0.15) is 12.6 Å². The quantitative estimate of drug-likeness (QED) is 0.417. The van der Waals surface area contributed by atoms with Crippen LogP contribution in [0.5, 0.6) is 0 Å². The SMILES string of the molecule is Cc1cccc(CN(C(=O)CN(c2cc(Cl)c(Cl)cc2Cl)S(C)(=O)=O)C(C)C(=O)NC2CCCC2)c1. The van der Waals surface area contributed by atoms with Gasteiger partial charge >= 0.3 is 0 Å². The average Bonchev–Trinajstić information content (AvgIpc) is 3.30. The Labute approximate surface area is 227 Å². The van der Waals surface area contributed by atoms with Crippen molar-refractivity contribution in [3.8, 4) is 0 Å². The fourth-order valence-corrected chi connectivity index (χ4v) is 5.83. The lowest BCUT2D eigenvalue weighted by Gasteiger charge is -2.32. The molecular formula is C25H30Cl3N3O4S. The summed E-state index contributed by atoms with van der Waals surface area (Å²) in [4.78, 5) is 28.1. The summed E-state index contributed by atoms with van der Waals surface area (Å²) in [6.07, 6.45) is 4.89. The highest BCUT2D eigenvalue weighted by Crippen LogP contribution is 2.35. The summed E-state index contributed by atoms with van der Waals surface area (Å²) in [7, 11) is -3.94. The monoisotopic (exact) mass is 573 g/mol. The summed E-state index contributed by atoms with van der Waals surface area (Å²) < 4.78 is 26.3. The van der Waals surface area contributed by atoms with Crippen molar-refractivity contribution in [1.29, 1.82) is 0 Å². The number of hydrogen-bond donors (Lipinski definition) is 1. The molecule has 2 aromatic rings. The molecule has 0 aliphatic heterocycles. The van der Waals surface area contributed by atoms with Crippen molar-refractivity contribution in [2.45, 2.75) is 58.2 Å². The van der Waals surface area contributed by atoms with Crippen molar-refractivity contribution in [2.24, 2.45) is 0 Å². The number of benzene rings is 2. The number of nitrogens with one attached hydrogen (secondary N) is 1. The van der Waals surface area contributed by atoms with Crippen molar-refractivity contribution in [3.63, 3.8) is 0 Å². The number of halogens is 3. The number of amides is 2. The van der Waals surface area contributed by atoms with E-state index in [0.717, 1.165) is 47.4 Å². The zero-order valence-corrected chi connectivity index (χ0v) is 23.5. The number of aryl methyl sites for hydroxylation is 1. The standard InChI is InChI=1S/C25H30Cl3N3O4S/c1-16-7-6-8-18(11-16)14-30(17(2)25(33)29-19-9-4-5-10-19)24(32)15-31(36(3,34)35)23-13-21(27)20(26)12-22(23)28/h6-8,11-13,17,19H,4-5,9-10,14-15H2,1-3H3,(H,29,33). The van der Waals surface area contributed by atoms with Gasteiger partial charge in [-0.1, -0.05) is 77.5 Å². The van der Waals surface area contributed by atoms with E-state index in [-0.39, 0.29) is 39.2 Å². The molecule has 7 nitrogen and oxygen atoms in total. The van der Waals surface area contributed by atoms with Crippen molar-refractivity contribution < 1.29 is 18.0 Å². The zero-order chi connectivity index (χ0) is 26.6. The molecule has 0 bridgehead atoms. The maximum Gasteiger partial charge on any atom is 0.244 e. The fraction of sp³-hybridized carbons (Fsp3) is 0.440. The van der Waals surface area contributed by atoms with Crippen LogP contribution in [0.25, 0.3) is 0 Å². The number of carbonyl (C=O) groups is 2. The Morgan fingerprint density at radius 2 is 1.69 bits per heavy atom. The lowest BCUT2D eigenvalue weighted by molar-refractivity contribution is -0.139. The average molecular weight is 575 g/mol. The molecule has 2 amide bonds. The van der Waals surface area contributed by atoms with Gasteiger partial charge < -0.3 is 10.2 Å². The third-order valence-electron chi connectivity index (χ3n) is 6.24. The number of anilines is 1. The van der Waals surface area contributed by atoms with Gasteiger partial charge in [0.25, 0.3) is 0 Å². The van der Waals surface area contributed by atoms with E-state index < -0.39 is 28.5 Å². The number of hydrogen-bond acceptors (Lipinski definition) is 4. The third kappa shape index (κ3) is 7.28. The summed E-state index contributed by atoms with van der Waals surface area (Å²) in [6, 6.07) is 9.47. The first-order chi connectivity index (χ1) is 16.9. The van der Waals surface area contributed by atoms with E-state index in [1.165, 1.54) is 17.0 Å². The lowest BCUT2D eigenvalue weighted by atomic mass is 10.1. The van der Waals surface area contributed by atoms with E-state index >= 15 is 0 Å². The first kappa shape index (κ1) is 28.6. The van der Waals surface area contributed by atoms with Crippen LogP contribution < -0.4 is 9.62 Å². The van der Waals surface area contributed by atoms with E-state index in [1.54, 1.807) is 6.92 Å². The second-order valence-electron chi connectivity index (χ2n) is 9.16. The molecule has 0 radical (unpaired) electrons. The van der Waals surface area contributed by atoms with Gasteiger partial charge in [-0.25, -0.2) is 8.42 Å². The largest absolute Gasteiger partial charge is 0.352 e. The highest BCUT2D eigenvalue weighted by molar-refractivity contribution is 7.92. The molecule has 0 heterocycles. The van der Waals surface area contributed by atoms with Gasteiger partial charge in [0.2, 0.25) is 21.8 Å². The van der Waals surface area contributed by atoms with E-state index in [0.29, 0.717) is 0 Å². The van der Waals surface area contributed by atoms with Crippen LogP contribution >= 0.6 is 34.8 Å². The van der Waals surface area contributed by atoms with E-state index in [9.17, 15) is 18.0 Å². The molecule has 1 saturated carbocycles. The Morgan fingerprint density at radius 3 is 2.31 bits per heavy atom. The molecule has 0 saturated heterocycles. The molecule has 2 aromatic carbocycles. The number of rotatable bonds is 9. The Bertz CT molecular complexity index is 1230. The fourth-order valence-electron chi connectivity index (χ4n) is 4.28. The van der Waals surface area contributed by atoms with Gasteiger partial charge in [-0.3, -0.25) is 13.9 Å². The number of sulfonamides is 1. The Balaban J connectivity index is 1.93. The second-order valence-corrected chi connectivity index (χ2v) is 12.3. The van der Waals surface area contributed by atoms with Crippen LogP contribution in [0.15, 0.2) is 36.4 Å². The van der Waals surface area contributed by atoms with Gasteiger partial charge in [-0.2, -0.15) is 0 Å². The summed E-state index contributed by atoms with van der Waals surface area (Å²) in [5.74, 6) is -0.834. The molecule has 1 fully saturated rings. The molecule has 1 unspecified atom stereocenters. The molecule has 3 rings (SSSR count). The van der Waals surface area contributed by atoms with Crippen molar-refractivity contribution >= 4 is 62.3 Å². The number of carbonyl (C=O) groups excluding carboxylic acids is 2. The topological polar surface area (TPSA) is 86.8 Å². The molecule has 36 heavy (non-hydrogen) atoms. The van der Waals surface area contributed by atoms with Crippen LogP contribution in [-0.2, 0) is 26.2 Å². The minimum atomic E-state index is -3.94. The minimum absolute atomic E-state index is 0.0277. The molecule has 1 aliphatic rings. The Morgan fingerprint density at radius 1 is 1.06 bits per heavy atom. The van der Waals surface area contributed by atoms with Crippen LogP contribution in [0.1, 0.15) is 43.7 Å². The van der Waals surface area contributed by atoms with Gasteiger partial charge in [-0.05, 0) is 44.4 Å². The smallest absolute Gasteiger partial charge is 0.244 e. The normalized spacial score (nSPS) is 14.9. The van der Waals surface area contributed by atoms with Crippen LogP contribution in [-0.4, -0.2) is 50.0 Å². The van der Waals surface area contributed by atoms with Crippen molar-refractivity contribution in [2.75, 3.05) is 17.1 Å². The second kappa shape index (κ2) is 12.0. The molecule has 0 aromatic heterocycles. The predicted octanol–water partition coefficient (Wildman–Crippen LogP) is 5.20. The van der Waals surface area contributed by atoms with Gasteiger partial charge in [0, 0.05) is 12.6 Å². The van der Waals surface area contributed by atoms with Crippen LogP contribution in [0.2, 0.25) is 15.1 Å².